The van der Waals surface area contributed by atoms with E-state index in [0.717, 1.165) is 0 Å². The number of rotatable bonds is 8. The first-order valence-electron chi connectivity index (χ1n) is 12.5. The fraction of sp³-hybridized carbons (Fsp3) is 0.500. The second kappa shape index (κ2) is 16.9. The molecule has 2 fully saturated rings. The van der Waals surface area contributed by atoms with Gasteiger partial charge in [-0.15, -0.1) is 0 Å². The minimum atomic E-state index is -3.40. The molecule has 26 heteroatoms. The molecule has 6 heterocycles. The van der Waals surface area contributed by atoms with Crippen LogP contribution in [0.15, 0.2) is 25.3 Å². The van der Waals surface area contributed by atoms with Crippen molar-refractivity contribution >= 4 is 50.5 Å². The summed E-state index contributed by atoms with van der Waals surface area (Å²) < 4.78 is 43.5. The van der Waals surface area contributed by atoms with E-state index in [0.29, 0.717) is 22.3 Å². The van der Waals surface area contributed by atoms with Crippen LogP contribution in [0.5, 0.6) is 0 Å². The van der Waals surface area contributed by atoms with Crippen LogP contribution in [0.3, 0.4) is 0 Å². The number of nitrogens with zero attached hydrogens (tertiary/aromatic N) is 8. The van der Waals surface area contributed by atoms with E-state index in [2.05, 4.69) is 39.0 Å². The smallest absolute Gasteiger partial charge is 0.781 e. The van der Waals surface area contributed by atoms with Gasteiger partial charge in [-0.25, -0.2) is 29.9 Å². The zero-order chi connectivity index (χ0) is 31.7. The van der Waals surface area contributed by atoms with Gasteiger partial charge in [0, 0.05) is 0 Å². The number of fused-ring (bicyclic) bond motifs is 2. The van der Waals surface area contributed by atoms with E-state index in [-0.39, 0.29) is 84.0 Å². The van der Waals surface area contributed by atoms with Gasteiger partial charge in [0.05, 0.1) is 25.9 Å². The topological polar surface area (TPSA) is 337 Å². The summed E-state index contributed by atoms with van der Waals surface area (Å²) in [6.07, 6.45) is -4.10. The number of ether oxygens (including phenoxy) is 2. The molecule has 2 saturated heterocycles. The summed E-state index contributed by atoms with van der Waals surface area (Å²) in [5.41, 5.74) is 12.7. The molecule has 0 spiro atoms. The largest absolute Gasteiger partial charge is 1.00 e. The fourth-order valence-electron chi connectivity index (χ4n) is 4.61. The molecule has 4 aromatic rings. The van der Waals surface area contributed by atoms with Crippen LogP contribution in [-0.4, -0.2) is 109 Å². The summed E-state index contributed by atoms with van der Waals surface area (Å²) in [5.74, 6) is 0.336. The number of nitrogen functional groups attached to an aromatic ring is 2. The number of imidazole rings is 2. The Kier molecular flexibility index (Phi) is 14.4. The van der Waals surface area contributed by atoms with E-state index in [4.69, 9.17) is 20.9 Å². The predicted molar refractivity (Wildman–Crippen MR) is 141 cm³/mol. The van der Waals surface area contributed by atoms with Crippen molar-refractivity contribution in [2.75, 3.05) is 24.7 Å². The molecule has 2 aliphatic heterocycles. The number of hydrogen-bond acceptors (Lipinski definition) is 20. The third kappa shape index (κ3) is 8.30. The van der Waals surface area contributed by atoms with Gasteiger partial charge in [-0.2, -0.15) is 0 Å². The maximum atomic E-state index is 10.5. The van der Waals surface area contributed by atoms with Gasteiger partial charge in [0.2, 0.25) is 0 Å². The van der Waals surface area contributed by atoms with Crippen LogP contribution in [0.4, 0.5) is 11.6 Å². The average Bonchev–Trinajstić information content (AvgIpc) is 3.74. The van der Waals surface area contributed by atoms with E-state index in [1.165, 1.54) is 34.4 Å². The maximum Gasteiger partial charge on any atom is 1.00 e. The van der Waals surface area contributed by atoms with Crippen LogP contribution in [0, 0.1) is 0 Å². The Bertz CT molecular complexity index is 1550. The molecule has 8 N–H and O–H groups in total. The van der Waals surface area contributed by atoms with Crippen molar-refractivity contribution in [1.82, 2.24) is 39.0 Å². The van der Waals surface area contributed by atoms with E-state index >= 15 is 0 Å². The number of hydrogen-bond donors (Lipinski definition) is 6. The first kappa shape index (κ1) is 39.2. The number of aliphatic hydroxyl groups is 4. The summed E-state index contributed by atoms with van der Waals surface area (Å²) in [6.45, 7) is -0.778. The van der Waals surface area contributed by atoms with Gasteiger partial charge in [0.25, 0.3) is 0 Å². The Morgan fingerprint density at radius 1 is 0.696 bits per heavy atom. The summed E-state index contributed by atoms with van der Waals surface area (Å²) in [7, 11) is -6.80. The van der Waals surface area contributed by atoms with Crippen molar-refractivity contribution in [2.45, 2.75) is 49.1 Å². The third-order valence-corrected chi connectivity index (χ3v) is 7.53. The van der Waals surface area contributed by atoms with Crippen molar-refractivity contribution in [2.24, 2.45) is 0 Å². The Morgan fingerprint density at radius 3 is 1.41 bits per heavy atom. The van der Waals surface area contributed by atoms with Crippen LogP contribution in [0.25, 0.3) is 22.3 Å². The number of aromatic nitrogens is 8. The first-order valence-corrected chi connectivity index (χ1v) is 15.0. The normalized spacial score (nSPS) is 28.7. The first-order chi connectivity index (χ1) is 21.0. The molecule has 240 valence electrons. The third-order valence-electron chi connectivity index (χ3n) is 6.73. The number of nitrogens with two attached hydrogens (primary N) is 2. The molecule has 0 aliphatic carbocycles. The quantitative estimate of drug-likeness (QED) is 0.0731. The van der Waals surface area contributed by atoms with Gasteiger partial charge in [-0.1, -0.05) is 0 Å². The van der Waals surface area contributed by atoms with Crippen LogP contribution in [-0.2, 0) is 27.7 Å². The van der Waals surface area contributed by atoms with Crippen molar-refractivity contribution in [3.8, 4) is 0 Å². The van der Waals surface area contributed by atoms with Crippen LogP contribution >= 0.6 is 16.5 Å². The minimum absolute atomic E-state index is 0. The standard InChI is InChI=1S/2C10H14N5O6P.2Na/c2*11-8-5-9(13-2-12-8)15(3-14-5)10-7(17)6(16)4(21-10)1-20-22(18)19;;/h2*2-4,6-7,10,16-17,22H,1H2,(H,18,19)(H2,11,12,13);;/q;;2*+1/p-2/t2*4-,6-,7-,10-;;/m11../s1. The second-order valence-corrected chi connectivity index (χ2v) is 11.0. The van der Waals surface area contributed by atoms with E-state index in [1.807, 2.05) is 0 Å². The van der Waals surface area contributed by atoms with Crippen molar-refractivity contribution in [3.05, 3.63) is 25.3 Å². The Balaban J connectivity index is 0.000000240. The van der Waals surface area contributed by atoms with Crippen molar-refractivity contribution in [3.63, 3.8) is 0 Å². The maximum absolute atomic E-state index is 10.5. The zero-order valence-electron chi connectivity index (χ0n) is 24.1. The minimum Gasteiger partial charge on any atom is -0.781 e. The molecule has 0 aromatic carbocycles. The molecular weight excluding hydrogens is 680 g/mol. The van der Waals surface area contributed by atoms with Crippen LogP contribution in [0.1, 0.15) is 12.5 Å². The molecule has 0 radical (unpaired) electrons. The molecular formula is C20H26N10Na2O12P2. The van der Waals surface area contributed by atoms with E-state index in [1.54, 1.807) is 0 Å². The van der Waals surface area contributed by atoms with Crippen molar-refractivity contribution in [1.29, 1.82) is 0 Å². The van der Waals surface area contributed by atoms with Crippen molar-refractivity contribution < 1.29 is 117 Å². The summed E-state index contributed by atoms with van der Waals surface area (Å²) in [5, 5.41) is 40.0. The molecule has 2 unspecified atom stereocenters. The average molecular weight is 706 g/mol. The number of anilines is 2. The van der Waals surface area contributed by atoms with Gasteiger partial charge >= 0.3 is 59.1 Å². The molecule has 0 bridgehead atoms. The van der Waals surface area contributed by atoms with Gasteiger partial charge < -0.3 is 69.3 Å². The molecule has 6 rings (SSSR count). The number of aliphatic hydroxyl groups excluding tert-OH is 4. The van der Waals surface area contributed by atoms with Crippen LogP contribution in [0.2, 0.25) is 0 Å². The predicted octanol–water partition coefficient (Wildman–Crippen LogP) is -10.4. The fourth-order valence-corrected chi connectivity index (χ4v) is 5.21. The second-order valence-electron chi connectivity index (χ2n) is 9.38. The summed E-state index contributed by atoms with van der Waals surface area (Å²) >= 11 is 0. The van der Waals surface area contributed by atoms with Gasteiger partial charge in [-0.05, 0) is 0 Å². The molecule has 22 nitrogen and oxygen atoms in total. The van der Waals surface area contributed by atoms with Gasteiger partial charge in [0.1, 0.15) is 76.8 Å². The SMILES string of the molecule is Nc1ncnc2c1ncn2[C@@H]1O[C@H](CO[PH](=O)[O-])[C@@H](O)[C@H]1O.Nc1ncnc2c1ncn2[C@@H]1O[C@H](CO[PH](=O)[O-])[C@@H](O)[C@H]1O.[Na+].[Na+]. The van der Waals surface area contributed by atoms with E-state index in [9.17, 15) is 39.3 Å². The van der Waals surface area contributed by atoms with Gasteiger partial charge in [-0.3, -0.25) is 9.13 Å². The molecule has 2 aliphatic rings. The zero-order valence-corrected chi connectivity index (χ0v) is 30.1. The molecule has 4 aromatic heterocycles. The Labute approximate surface area is 303 Å². The molecule has 46 heavy (non-hydrogen) atoms. The molecule has 0 saturated carbocycles. The monoisotopic (exact) mass is 706 g/mol. The van der Waals surface area contributed by atoms with Crippen LogP contribution < -0.4 is 80.4 Å². The Hall–Kier alpha value is -1.24. The Morgan fingerprint density at radius 2 is 1.07 bits per heavy atom. The molecule has 0 amide bonds. The summed E-state index contributed by atoms with van der Waals surface area (Å²) in [6, 6.07) is 0. The molecule has 10 atom stereocenters. The summed E-state index contributed by atoms with van der Waals surface area (Å²) in [4.78, 5) is 44.6. The van der Waals surface area contributed by atoms with Gasteiger partial charge in [0.15, 0.2) is 35.4 Å². The van der Waals surface area contributed by atoms with E-state index < -0.39 is 65.6 Å².